The van der Waals surface area contributed by atoms with Gasteiger partial charge in [-0.05, 0) is 13.0 Å². The lowest BCUT2D eigenvalue weighted by Crippen LogP contribution is -2.02. The fraction of sp³-hybridized carbons (Fsp3) is 0.176. The molecule has 1 aliphatic heterocycles. The first kappa shape index (κ1) is 17.7. The highest BCUT2D eigenvalue weighted by Crippen LogP contribution is 2.31. The molecule has 0 atom stereocenters. The van der Waals surface area contributed by atoms with Crippen molar-refractivity contribution in [2.45, 2.75) is 6.92 Å². The third-order valence-corrected chi connectivity index (χ3v) is 3.72. The van der Waals surface area contributed by atoms with Gasteiger partial charge in [0.2, 0.25) is 5.78 Å². The number of hydrogen-bond acceptors (Lipinski definition) is 8. The number of esters is 1. The summed E-state index contributed by atoms with van der Waals surface area (Å²) < 4.78 is 14.8. The average Bonchev–Trinajstić information content (AvgIpc) is 3.18. The quantitative estimate of drug-likeness (QED) is 0.679. The van der Waals surface area contributed by atoms with Gasteiger partial charge in [0.15, 0.2) is 23.7 Å². The average molecular weight is 377 g/mol. The highest BCUT2D eigenvalue weighted by molar-refractivity contribution is 6.34. The number of carbonyl (C=O) groups excluding carboxylic acids is 2. The molecular formula is C17H13ClN2O6. The van der Waals surface area contributed by atoms with Crippen molar-refractivity contribution in [2.24, 2.45) is 0 Å². The summed E-state index contributed by atoms with van der Waals surface area (Å²) in [6.07, 6.45) is 5.86. The second kappa shape index (κ2) is 7.40. The molecule has 26 heavy (non-hydrogen) atoms. The molecule has 0 saturated heterocycles. The Morgan fingerprint density at radius 2 is 2.15 bits per heavy atom. The molecule has 0 spiro atoms. The van der Waals surface area contributed by atoms with E-state index in [1.165, 1.54) is 24.8 Å². The summed E-state index contributed by atoms with van der Waals surface area (Å²) in [7, 11) is 0. The van der Waals surface area contributed by atoms with E-state index in [0.29, 0.717) is 27.3 Å². The van der Waals surface area contributed by atoms with Crippen molar-refractivity contribution in [1.82, 2.24) is 9.97 Å². The van der Waals surface area contributed by atoms with Gasteiger partial charge in [-0.3, -0.25) is 14.8 Å². The van der Waals surface area contributed by atoms with Gasteiger partial charge in [-0.2, -0.15) is 0 Å². The SMILES string of the molecule is CCOC(=O)c1oc2cnccc2c1O.O=C1COc2cncc(Cl)c21. The van der Waals surface area contributed by atoms with E-state index in [1.807, 2.05) is 0 Å². The maximum atomic E-state index is 11.3. The minimum atomic E-state index is -0.675. The molecule has 4 rings (SSSR count). The van der Waals surface area contributed by atoms with Crippen molar-refractivity contribution < 1.29 is 28.6 Å². The Kier molecular flexibility index (Phi) is 5.04. The molecule has 0 aliphatic carbocycles. The molecule has 0 aromatic carbocycles. The van der Waals surface area contributed by atoms with E-state index in [1.54, 1.807) is 13.0 Å². The molecule has 0 saturated carbocycles. The summed E-state index contributed by atoms with van der Waals surface area (Å²) >= 11 is 5.70. The Hall–Kier alpha value is -3.13. The number of halogens is 1. The molecule has 1 aliphatic rings. The van der Waals surface area contributed by atoms with Crippen LogP contribution in [0.5, 0.6) is 11.5 Å². The molecule has 0 fully saturated rings. The molecule has 0 radical (unpaired) electrons. The number of nitrogens with zero attached hydrogens (tertiary/aromatic N) is 2. The van der Waals surface area contributed by atoms with Crippen molar-refractivity contribution in [3.8, 4) is 11.5 Å². The first-order chi connectivity index (χ1) is 12.5. The number of Topliss-reactive ketones (excluding diaryl/α,β-unsaturated/α-hetero) is 1. The molecule has 9 heteroatoms. The van der Waals surface area contributed by atoms with Gasteiger partial charge in [0, 0.05) is 12.4 Å². The van der Waals surface area contributed by atoms with Gasteiger partial charge in [0.05, 0.1) is 35.0 Å². The predicted octanol–water partition coefficient (Wildman–Crippen LogP) is 3.02. The molecule has 0 amide bonds. The van der Waals surface area contributed by atoms with E-state index in [0.717, 1.165) is 0 Å². The first-order valence-corrected chi connectivity index (χ1v) is 7.92. The van der Waals surface area contributed by atoms with Crippen LogP contribution in [0, 0.1) is 0 Å². The largest absolute Gasteiger partial charge is 0.504 e. The van der Waals surface area contributed by atoms with Crippen LogP contribution in [-0.4, -0.2) is 40.0 Å². The zero-order chi connectivity index (χ0) is 18.7. The number of pyridine rings is 2. The van der Waals surface area contributed by atoms with E-state index in [2.05, 4.69) is 9.97 Å². The highest BCUT2D eigenvalue weighted by Gasteiger charge is 2.24. The number of aromatic nitrogens is 2. The Morgan fingerprint density at radius 3 is 2.85 bits per heavy atom. The van der Waals surface area contributed by atoms with Crippen LogP contribution in [0.15, 0.2) is 35.3 Å². The van der Waals surface area contributed by atoms with Gasteiger partial charge < -0.3 is 19.0 Å². The van der Waals surface area contributed by atoms with Crippen molar-refractivity contribution >= 4 is 34.3 Å². The third-order valence-electron chi connectivity index (χ3n) is 3.43. The van der Waals surface area contributed by atoms with Crippen molar-refractivity contribution in [1.29, 1.82) is 0 Å². The normalized spacial score (nSPS) is 12.2. The number of ether oxygens (including phenoxy) is 2. The minimum absolute atomic E-state index is 0.0765. The first-order valence-electron chi connectivity index (χ1n) is 7.55. The lowest BCUT2D eigenvalue weighted by atomic mass is 10.2. The number of hydrogen-bond donors (Lipinski definition) is 1. The fourth-order valence-corrected chi connectivity index (χ4v) is 2.54. The molecule has 1 N–H and O–H groups in total. The Balaban J connectivity index is 0.000000158. The smallest absolute Gasteiger partial charge is 0.378 e. The van der Waals surface area contributed by atoms with E-state index in [4.69, 9.17) is 25.5 Å². The third kappa shape index (κ3) is 3.31. The summed E-state index contributed by atoms with van der Waals surface area (Å²) in [6.45, 7) is 1.99. The molecule has 8 nitrogen and oxygen atoms in total. The Bertz CT molecular complexity index is 985. The number of furan rings is 1. The van der Waals surface area contributed by atoms with Crippen molar-refractivity contribution in [2.75, 3.05) is 13.2 Å². The molecule has 4 heterocycles. The summed E-state index contributed by atoms with van der Waals surface area (Å²) in [4.78, 5) is 30.0. The lowest BCUT2D eigenvalue weighted by molar-refractivity contribution is 0.0488. The van der Waals surface area contributed by atoms with Crippen LogP contribution < -0.4 is 4.74 Å². The van der Waals surface area contributed by atoms with Crippen LogP contribution in [0.25, 0.3) is 11.0 Å². The second-order valence-corrected chi connectivity index (χ2v) is 5.49. The van der Waals surface area contributed by atoms with Crippen LogP contribution in [0.4, 0.5) is 0 Å². The predicted molar refractivity (Wildman–Crippen MR) is 90.7 cm³/mol. The standard InChI is InChI=1S/C10H9NO4.C7H4ClNO2/c1-2-14-10(13)9-8(12)6-3-4-11-5-7(6)15-9;8-4-1-9-2-6-7(4)5(10)3-11-6/h3-5,12H,2H2,1H3;1-2H,3H2. The van der Waals surface area contributed by atoms with Crippen molar-refractivity contribution in [3.63, 3.8) is 0 Å². The van der Waals surface area contributed by atoms with Gasteiger partial charge >= 0.3 is 5.97 Å². The molecule has 3 aromatic heterocycles. The van der Waals surface area contributed by atoms with E-state index in [9.17, 15) is 14.7 Å². The van der Waals surface area contributed by atoms with Crippen LogP contribution in [-0.2, 0) is 4.74 Å². The number of carbonyl (C=O) groups is 2. The zero-order valence-electron chi connectivity index (χ0n) is 13.6. The monoisotopic (exact) mass is 376 g/mol. The van der Waals surface area contributed by atoms with Crippen LogP contribution in [0.3, 0.4) is 0 Å². The van der Waals surface area contributed by atoms with Gasteiger partial charge in [-0.25, -0.2) is 4.79 Å². The van der Waals surface area contributed by atoms with E-state index >= 15 is 0 Å². The Morgan fingerprint density at radius 1 is 1.35 bits per heavy atom. The molecule has 0 bridgehead atoms. The topological polar surface area (TPSA) is 112 Å². The number of aromatic hydroxyl groups is 1. The van der Waals surface area contributed by atoms with E-state index in [-0.39, 0.29) is 30.5 Å². The van der Waals surface area contributed by atoms with Gasteiger partial charge in [0.25, 0.3) is 5.76 Å². The number of rotatable bonds is 2. The maximum absolute atomic E-state index is 11.3. The second-order valence-electron chi connectivity index (χ2n) is 5.08. The van der Waals surface area contributed by atoms with Gasteiger partial charge in [-0.1, -0.05) is 11.6 Å². The van der Waals surface area contributed by atoms with Crippen LogP contribution in [0.1, 0.15) is 27.8 Å². The van der Waals surface area contributed by atoms with Crippen LogP contribution >= 0.6 is 11.6 Å². The van der Waals surface area contributed by atoms with Gasteiger partial charge in [0.1, 0.15) is 0 Å². The van der Waals surface area contributed by atoms with Gasteiger partial charge in [-0.15, -0.1) is 0 Å². The highest BCUT2D eigenvalue weighted by atomic mass is 35.5. The summed E-state index contributed by atoms with van der Waals surface area (Å²) in [6, 6.07) is 1.57. The summed E-state index contributed by atoms with van der Waals surface area (Å²) in [5, 5.41) is 10.5. The molecule has 3 aromatic rings. The number of fused-ring (bicyclic) bond motifs is 2. The molecular weight excluding hydrogens is 364 g/mol. The van der Waals surface area contributed by atoms with Crippen LogP contribution in [0.2, 0.25) is 5.02 Å². The van der Waals surface area contributed by atoms with Crippen molar-refractivity contribution in [3.05, 3.63) is 47.2 Å². The van der Waals surface area contributed by atoms with E-state index < -0.39 is 5.97 Å². The lowest BCUT2D eigenvalue weighted by Gasteiger charge is -1.97. The minimum Gasteiger partial charge on any atom is -0.504 e. The summed E-state index contributed by atoms with van der Waals surface area (Å²) in [5.41, 5.74) is 0.819. The number of ketones is 1. The fourth-order valence-electron chi connectivity index (χ4n) is 2.29. The zero-order valence-corrected chi connectivity index (χ0v) is 14.3. The Labute approximate surface area is 152 Å². The molecule has 0 unspecified atom stereocenters. The molecule has 134 valence electrons. The summed E-state index contributed by atoms with van der Waals surface area (Å²) in [5.74, 6) is -0.646. The maximum Gasteiger partial charge on any atom is 0.378 e.